The van der Waals surface area contributed by atoms with Crippen LogP contribution in [-0.4, -0.2) is 53.7 Å². The Kier molecular flexibility index (Phi) is 6.72. The lowest BCUT2D eigenvalue weighted by Gasteiger charge is -2.23. The molecule has 3 amide bonds. The van der Waals surface area contributed by atoms with Gasteiger partial charge in [-0.3, -0.25) is 24.2 Å². The first-order chi connectivity index (χ1) is 10.4. The Morgan fingerprint density at radius 1 is 1.30 bits per heavy atom. The Hall–Kier alpha value is -1.92. The van der Waals surface area contributed by atoms with Gasteiger partial charge in [-0.2, -0.15) is 0 Å². The zero-order valence-electron chi connectivity index (χ0n) is 13.5. The van der Waals surface area contributed by atoms with Gasteiger partial charge in [0.1, 0.15) is 6.04 Å². The molecule has 2 atom stereocenters. The summed E-state index contributed by atoms with van der Waals surface area (Å²) in [5, 5.41) is 2.76. The largest absolute Gasteiger partial charge is 0.350 e. The third kappa shape index (κ3) is 4.30. The number of carbonyl (C=O) groups excluding carboxylic acids is 3. The highest BCUT2D eigenvalue weighted by molar-refractivity contribution is 6.08. The highest BCUT2D eigenvalue weighted by atomic mass is 35.5. The van der Waals surface area contributed by atoms with Crippen LogP contribution < -0.4 is 5.32 Å². The maximum absolute atomic E-state index is 12.3. The van der Waals surface area contributed by atoms with E-state index in [4.69, 9.17) is 0 Å². The van der Waals surface area contributed by atoms with Crippen LogP contribution in [0.3, 0.4) is 0 Å². The summed E-state index contributed by atoms with van der Waals surface area (Å²) in [5.41, 5.74) is 0.966. The van der Waals surface area contributed by atoms with E-state index in [-0.39, 0.29) is 36.5 Å². The Bertz CT molecular complexity index is 577. The first-order valence-corrected chi connectivity index (χ1v) is 7.25. The van der Waals surface area contributed by atoms with Crippen LogP contribution in [0.4, 0.5) is 0 Å². The predicted octanol–water partition coefficient (Wildman–Crippen LogP) is 0.802. The van der Waals surface area contributed by atoms with E-state index in [1.165, 1.54) is 0 Å². The number of benzene rings is 1. The minimum Gasteiger partial charge on any atom is -0.350 e. The molecule has 1 aromatic carbocycles. The third-order valence-corrected chi connectivity index (χ3v) is 3.86. The lowest BCUT2D eigenvalue weighted by atomic mass is 10.2. The summed E-state index contributed by atoms with van der Waals surface area (Å²) < 4.78 is 0. The zero-order chi connectivity index (χ0) is 16.3. The van der Waals surface area contributed by atoms with E-state index >= 15 is 0 Å². The van der Waals surface area contributed by atoms with Crippen molar-refractivity contribution >= 4 is 30.1 Å². The van der Waals surface area contributed by atoms with Gasteiger partial charge in [-0.05, 0) is 26.6 Å². The van der Waals surface area contributed by atoms with Gasteiger partial charge in [-0.1, -0.05) is 30.3 Å². The molecule has 6 nitrogen and oxygen atoms in total. The standard InChI is InChI=1S/C16H21N3O3.ClH/c1-11(15(21)17-10-12-7-5-4-6-8-12)19-14(20)9-13(16(19)22)18(2)3;/h4-8,11,13H,9-10H2,1-3H3,(H,17,21);1H/t11-,13?;/m0./s1. The van der Waals surface area contributed by atoms with E-state index in [0.717, 1.165) is 10.5 Å². The first-order valence-electron chi connectivity index (χ1n) is 7.25. The van der Waals surface area contributed by atoms with E-state index in [2.05, 4.69) is 5.32 Å². The monoisotopic (exact) mass is 339 g/mol. The molecule has 0 spiro atoms. The van der Waals surface area contributed by atoms with Gasteiger partial charge in [-0.25, -0.2) is 0 Å². The number of hydrogen-bond donors (Lipinski definition) is 1. The van der Waals surface area contributed by atoms with Crippen LogP contribution in [0.25, 0.3) is 0 Å². The summed E-state index contributed by atoms with van der Waals surface area (Å²) in [5.74, 6) is -0.937. The van der Waals surface area contributed by atoms with Crippen molar-refractivity contribution in [1.29, 1.82) is 0 Å². The SMILES string of the molecule is C[C@@H](C(=O)NCc1ccccc1)N1C(=O)CC(N(C)C)C1=O.Cl. The number of nitrogens with zero attached hydrogens (tertiary/aromatic N) is 2. The minimum atomic E-state index is -0.798. The number of likely N-dealkylation sites (N-methyl/N-ethyl adjacent to an activating group) is 1. The first kappa shape index (κ1) is 19.1. The molecule has 1 saturated heterocycles. The molecule has 1 aliphatic heterocycles. The Balaban J connectivity index is 0.00000264. The van der Waals surface area contributed by atoms with Crippen molar-refractivity contribution in [3.63, 3.8) is 0 Å². The molecule has 1 aliphatic rings. The maximum Gasteiger partial charge on any atom is 0.247 e. The van der Waals surface area contributed by atoms with Gasteiger partial charge >= 0.3 is 0 Å². The molecule has 23 heavy (non-hydrogen) atoms. The van der Waals surface area contributed by atoms with E-state index < -0.39 is 12.1 Å². The number of likely N-dealkylation sites (tertiary alicyclic amines) is 1. The molecule has 1 heterocycles. The summed E-state index contributed by atoms with van der Waals surface area (Å²) in [6, 6.07) is 8.21. The Morgan fingerprint density at radius 3 is 2.43 bits per heavy atom. The number of carbonyl (C=O) groups is 3. The molecule has 0 radical (unpaired) electrons. The Labute approximate surface area is 142 Å². The van der Waals surface area contributed by atoms with Crippen molar-refractivity contribution in [2.75, 3.05) is 14.1 Å². The van der Waals surface area contributed by atoms with Crippen molar-refractivity contribution in [1.82, 2.24) is 15.1 Å². The Morgan fingerprint density at radius 2 is 1.91 bits per heavy atom. The summed E-state index contributed by atoms with van der Waals surface area (Å²) in [4.78, 5) is 39.3. The van der Waals surface area contributed by atoms with Gasteiger partial charge in [0, 0.05) is 6.54 Å². The molecular weight excluding hydrogens is 318 g/mol. The lowest BCUT2D eigenvalue weighted by molar-refractivity contribution is -0.147. The quantitative estimate of drug-likeness (QED) is 0.806. The number of hydrogen-bond acceptors (Lipinski definition) is 4. The smallest absolute Gasteiger partial charge is 0.247 e. The molecule has 0 bridgehead atoms. The molecule has 1 fully saturated rings. The van der Waals surface area contributed by atoms with Crippen LogP contribution in [0.15, 0.2) is 30.3 Å². The van der Waals surface area contributed by atoms with Crippen LogP contribution in [0.2, 0.25) is 0 Å². The van der Waals surface area contributed by atoms with Crippen LogP contribution in [0.5, 0.6) is 0 Å². The lowest BCUT2D eigenvalue weighted by Crippen LogP contribution is -2.49. The van der Waals surface area contributed by atoms with Crippen molar-refractivity contribution < 1.29 is 14.4 Å². The normalized spacial score (nSPS) is 18.8. The van der Waals surface area contributed by atoms with Gasteiger partial charge < -0.3 is 5.32 Å². The highest BCUT2D eigenvalue weighted by Gasteiger charge is 2.43. The van der Waals surface area contributed by atoms with Crippen LogP contribution in [-0.2, 0) is 20.9 Å². The molecule has 1 aromatic rings. The molecule has 2 rings (SSSR count). The van der Waals surface area contributed by atoms with Crippen molar-refractivity contribution in [3.8, 4) is 0 Å². The predicted molar refractivity (Wildman–Crippen MR) is 88.9 cm³/mol. The number of imide groups is 1. The second kappa shape index (κ2) is 8.08. The van der Waals surface area contributed by atoms with Crippen molar-refractivity contribution in [2.24, 2.45) is 0 Å². The molecule has 126 valence electrons. The molecular formula is C16H22ClN3O3. The van der Waals surface area contributed by atoms with E-state index in [1.807, 2.05) is 30.3 Å². The number of halogens is 1. The second-order valence-electron chi connectivity index (χ2n) is 5.66. The fourth-order valence-corrected chi connectivity index (χ4v) is 2.49. The second-order valence-corrected chi connectivity index (χ2v) is 5.66. The number of nitrogens with one attached hydrogen (secondary N) is 1. The molecule has 1 unspecified atom stereocenters. The van der Waals surface area contributed by atoms with Gasteiger partial charge in [0.25, 0.3) is 0 Å². The fourth-order valence-electron chi connectivity index (χ4n) is 2.49. The summed E-state index contributed by atoms with van der Waals surface area (Å²) in [7, 11) is 3.50. The zero-order valence-corrected chi connectivity index (χ0v) is 14.3. The maximum atomic E-state index is 12.3. The van der Waals surface area contributed by atoms with Crippen molar-refractivity contribution in [2.45, 2.75) is 32.0 Å². The minimum absolute atomic E-state index is 0. The van der Waals surface area contributed by atoms with E-state index in [9.17, 15) is 14.4 Å². The highest BCUT2D eigenvalue weighted by Crippen LogP contribution is 2.19. The summed E-state index contributed by atoms with van der Waals surface area (Å²) >= 11 is 0. The van der Waals surface area contributed by atoms with Crippen LogP contribution in [0, 0.1) is 0 Å². The van der Waals surface area contributed by atoms with Crippen LogP contribution >= 0.6 is 12.4 Å². The molecule has 7 heteroatoms. The average molecular weight is 340 g/mol. The number of amides is 3. The fraction of sp³-hybridized carbons (Fsp3) is 0.438. The van der Waals surface area contributed by atoms with Gasteiger partial charge in [0.15, 0.2) is 0 Å². The molecule has 0 saturated carbocycles. The molecule has 1 N–H and O–H groups in total. The summed E-state index contributed by atoms with van der Waals surface area (Å²) in [6.07, 6.45) is 0.127. The third-order valence-electron chi connectivity index (χ3n) is 3.86. The average Bonchev–Trinajstić information content (AvgIpc) is 2.80. The van der Waals surface area contributed by atoms with E-state index in [1.54, 1.807) is 25.9 Å². The van der Waals surface area contributed by atoms with Crippen molar-refractivity contribution in [3.05, 3.63) is 35.9 Å². The van der Waals surface area contributed by atoms with Gasteiger partial charge in [-0.15, -0.1) is 12.4 Å². The topological polar surface area (TPSA) is 69.7 Å². The summed E-state index contributed by atoms with van der Waals surface area (Å²) in [6.45, 7) is 1.95. The van der Waals surface area contributed by atoms with Gasteiger partial charge in [0.05, 0.1) is 12.5 Å². The van der Waals surface area contributed by atoms with Crippen LogP contribution in [0.1, 0.15) is 18.9 Å². The van der Waals surface area contributed by atoms with Gasteiger partial charge in [0.2, 0.25) is 17.7 Å². The van der Waals surface area contributed by atoms with E-state index in [0.29, 0.717) is 6.54 Å². The molecule has 0 aromatic heterocycles. The number of rotatable bonds is 5. The molecule has 0 aliphatic carbocycles.